The Hall–Kier alpha value is -0.880. The quantitative estimate of drug-likeness (QED) is 0.494. The molecule has 0 spiro atoms. The Labute approximate surface area is 85.7 Å². The standard InChI is InChI=1S/C11H18N2O/c12-7-3-1-4-8-13-9-5-2-6-11(13)10-14/h10-11H,1-6,8-9H2. The van der Waals surface area contributed by atoms with Crippen LogP contribution in [0.4, 0.5) is 0 Å². The number of piperidine rings is 1. The van der Waals surface area contributed by atoms with Gasteiger partial charge in [-0.15, -0.1) is 0 Å². The molecule has 1 aliphatic rings. The van der Waals surface area contributed by atoms with Crippen molar-refractivity contribution in [1.82, 2.24) is 4.90 Å². The van der Waals surface area contributed by atoms with Crippen LogP contribution in [0.25, 0.3) is 0 Å². The molecule has 0 aromatic heterocycles. The molecule has 0 aromatic carbocycles. The topological polar surface area (TPSA) is 44.1 Å². The van der Waals surface area contributed by atoms with Gasteiger partial charge in [0.05, 0.1) is 12.1 Å². The van der Waals surface area contributed by atoms with Crippen molar-refractivity contribution < 1.29 is 4.79 Å². The summed E-state index contributed by atoms with van der Waals surface area (Å²) in [5.41, 5.74) is 0. The van der Waals surface area contributed by atoms with Gasteiger partial charge in [0.2, 0.25) is 0 Å². The summed E-state index contributed by atoms with van der Waals surface area (Å²) in [4.78, 5) is 13.0. The lowest BCUT2D eigenvalue weighted by atomic mass is 10.0. The third-order valence-corrected chi connectivity index (χ3v) is 2.81. The lowest BCUT2D eigenvalue weighted by Crippen LogP contribution is -2.40. The van der Waals surface area contributed by atoms with E-state index in [0.717, 1.165) is 38.6 Å². The minimum absolute atomic E-state index is 0.144. The van der Waals surface area contributed by atoms with E-state index in [0.29, 0.717) is 6.42 Å². The number of aldehydes is 1. The summed E-state index contributed by atoms with van der Waals surface area (Å²) in [7, 11) is 0. The number of rotatable bonds is 5. The summed E-state index contributed by atoms with van der Waals surface area (Å²) in [5.74, 6) is 0. The van der Waals surface area contributed by atoms with Gasteiger partial charge in [0, 0.05) is 6.42 Å². The molecule has 0 aliphatic carbocycles. The van der Waals surface area contributed by atoms with Crippen LogP contribution in [-0.2, 0) is 4.79 Å². The Morgan fingerprint density at radius 3 is 3.00 bits per heavy atom. The average Bonchev–Trinajstić information content (AvgIpc) is 2.25. The second kappa shape index (κ2) is 6.56. The fourth-order valence-electron chi connectivity index (χ4n) is 1.97. The molecule has 1 unspecified atom stereocenters. The van der Waals surface area contributed by atoms with Crippen molar-refractivity contribution in [2.45, 2.75) is 44.6 Å². The summed E-state index contributed by atoms with van der Waals surface area (Å²) >= 11 is 0. The number of likely N-dealkylation sites (tertiary alicyclic amines) is 1. The molecule has 0 aromatic rings. The first-order chi connectivity index (χ1) is 6.88. The van der Waals surface area contributed by atoms with Crippen molar-refractivity contribution >= 4 is 6.29 Å². The van der Waals surface area contributed by atoms with E-state index >= 15 is 0 Å². The number of nitriles is 1. The van der Waals surface area contributed by atoms with E-state index in [2.05, 4.69) is 11.0 Å². The third-order valence-electron chi connectivity index (χ3n) is 2.81. The van der Waals surface area contributed by atoms with E-state index in [1.165, 1.54) is 12.8 Å². The van der Waals surface area contributed by atoms with E-state index in [1.54, 1.807) is 0 Å². The normalized spacial score (nSPS) is 22.9. The van der Waals surface area contributed by atoms with E-state index in [-0.39, 0.29) is 6.04 Å². The predicted molar refractivity (Wildman–Crippen MR) is 54.7 cm³/mol. The number of hydrogen-bond donors (Lipinski definition) is 0. The first-order valence-electron chi connectivity index (χ1n) is 5.45. The zero-order valence-corrected chi connectivity index (χ0v) is 8.61. The molecule has 1 aliphatic heterocycles. The first-order valence-corrected chi connectivity index (χ1v) is 5.45. The van der Waals surface area contributed by atoms with E-state index in [1.807, 2.05) is 0 Å². The van der Waals surface area contributed by atoms with Crippen molar-refractivity contribution in [2.75, 3.05) is 13.1 Å². The zero-order valence-electron chi connectivity index (χ0n) is 8.61. The van der Waals surface area contributed by atoms with Gasteiger partial charge in [0.25, 0.3) is 0 Å². The van der Waals surface area contributed by atoms with Gasteiger partial charge in [-0.25, -0.2) is 0 Å². The average molecular weight is 194 g/mol. The molecule has 3 heteroatoms. The molecule has 1 saturated heterocycles. The van der Waals surface area contributed by atoms with Crippen LogP contribution in [0.5, 0.6) is 0 Å². The van der Waals surface area contributed by atoms with Crippen molar-refractivity contribution in [1.29, 1.82) is 5.26 Å². The molecule has 1 atom stereocenters. The second-order valence-electron chi connectivity index (χ2n) is 3.85. The summed E-state index contributed by atoms with van der Waals surface area (Å²) in [6, 6.07) is 2.29. The molecule has 1 rings (SSSR count). The smallest absolute Gasteiger partial charge is 0.137 e. The van der Waals surface area contributed by atoms with Gasteiger partial charge in [0.1, 0.15) is 6.29 Å². The van der Waals surface area contributed by atoms with E-state index in [9.17, 15) is 4.79 Å². The molecule has 0 radical (unpaired) electrons. The number of unbranched alkanes of at least 4 members (excludes halogenated alkanes) is 2. The highest BCUT2D eigenvalue weighted by Crippen LogP contribution is 2.15. The Morgan fingerprint density at radius 1 is 1.43 bits per heavy atom. The highest BCUT2D eigenvalue weighted by atomic mass is 16.1. The lowest BCUT2D eigenvalue weighted by Gasteiger charge is -2.32. The summed E-state index contributed by atoms with van der Waals surface area (Å²) in [5, 5.41) is 8.38. The van der Waals surface area contributed by atoms with Crippen LogP contribution >= 0.6 is 0 Å². The first kappa shape index (κ1) is 11.2. The van der Waals surface area contributed by atoms with Gasteiger partial charge in [-0.05, 0) is 38.8 Å². The Bertz CT molecular complexity index is 210. The van der Waals surface area contributed by atoms with Gasteiger partial charge in [-0.2, -0.15) is 5.26 Å². The monoisotopic (exact) mass is 194 g/mol. The fourth-order valence-corrected chi connectivity index (χ4v) is 1.97. The predicted octanol–water partition coefficient (Wildman–Crippen LogP) is 1.73. The van der Waals surface area contributed by atoms with Crippen LogP contribution in [0.15, 0.2) is 0 Å². The van der Waals surface area contributed by atoms with Crippen molar-refractivity contribution in [2.24, 2.45) is 0 Å². The van der Waals surface area contributed by atoms with Crippen LogP contribution in [0, 0.1) is 11.3 Å². The molecule has 78 valence electrons. The Kier molecular flexibility index (Phi) is 5.24. The minimum Gasteiger partial charge on any atom is -0.302 e. The largest absolute Gasteiger partial charge is 0.302 e. The maximum absolute atomic E-state index is 10.8. The fraction of sp³-hybridized carbons (Fsp3) is 0.818. The second-order valence-corrected chi connectivity index (χ2v) is 3.85. The highest BCUT2D eigenvalue weighted by molar-refractivity contribution is 5.57. The van der Waals surface area contributed by atoms with Crippen molar-refractivity contribution in [3.8, 4) is 6.07 Å². The van der Waals surface area contributed by atoms with Crippen LogP contribution in [0.2, 0.25) is 0 Å². The molecule has 1 fully saturated rings. The lowest BCUT2D eigenvalue weighted by molar-refractivity contribution is -0.113. The number of carbonyl (C=O) groups excluding carboxylic acids is 1. The molecule has 0 amide bonds. The number of hydrogen-bond acceptors (Lipinski definition) is 3. The van der Waals surface area contributed by atoms with Crippen LogP contribution < -0.4 is 0 Å². The molecule has 1 heterocycles. The summed E-state index contributed by atoms with van der Waals surface area (Å²) in [6.07, 6.45) is 7.11. The zero-order chi connectivity index (χ0) is 10.2. The van der Waals surface area contributed by atoms with Gasteiger partial charge in [0.15, 0.2) is 0 Å². The third kappa shape index (κ3) is 3.47. The van der Waals surface area contributed by atoms with Gasteiger partial charge >= 0.3 is 0 Å². The maximum atomic E-state index is 10.8. The highest BCUT2D eigenvalue weighted by Gasteiger charge is 2.20. The SMILES string of the molecule is N#CCCCCN1CCCCC1C=O. The molecule has 14 heavy (non-hydrogen) atoms. The van der Waals surface area contributed by atoms with E-state index < -0.39 is 0 Å². The number of carbonyl (C=O) groups is 1. The molecular weight excluding hydrogens is 176 g/mol. The Balaban J connectivity index is 2.20. The van der Waals surface area contributed by atoms with Crippen LogP contribution in [-0.4, -0.2) is 30.3 Å². The summed E-state index contributed by atoms with van der Waals surface area (Å²) < 4.78 is 0. The molecule has 0 bridgehead atoms. The van der Waals surface area contributed by atoms with Gasteiger partial charge < -0.3 is 4.79 Å². The van der Waals surface area contributed by atoms with Crippen molar-refractivity contribution in [3.63, 3.8) is 0 Å². The molecule has 3 nitrogen and oxygen atoms in total. The van der Waals surface area contributed by atoms with Crippen molar-refractivity contribution in [3.05, 3.63) is 0 Å². The molecular formula is C11H18N2O. The molecule has 0 saturated carbocycles. The molecule has 0 N–H and O–H groups in total. The maximum Gasteiger partial charge on any atom is 0.137 e. The van der Waals surface area contributed by atoms with Gasteiger partial charge in [-0.3, -0.25) is 4.90 Å². The van der Waals surface area contributed by atoms with Crippen LogP contribution in [0.1, 0.15) is 38.5 Å². The Morgan fingerprint density at radius 2 is 2.29 bits per heavy atom. The minimum atomic E-state index is 0.144. The summed E-state index contributed by atoms with van der Waals surface area (Å²) in [6.45, 7) is 2.03. The number of nitrogens with zero attached hydrogens (tertiary/aromatic N) is 2. The van der Waals surface area contributed by atoms with Gasteiger partial charge in [-0.1, -0.05) is 6.42 Å². The van der Waals surface area contributed by atoms with Crippen LogP contribution in [0.3, 0.4) is 0 Å². The van der Waals surface area contributed by atoms with E-state index in [4.69, 9.17) is 5.26 Å².